The molecule has 4 heteroatoms. The number of carboxylic acid groups (broad SMARTS) is 1. The first-order valence-corrected chi connectivity index (χ1v) is 6.45. The van der Waals surface area contributed by atoms with Crippen LogP contribution in [0.5, 0.6) is 0 Å². The van der Waals surface area contributed by atoms with Gasteiger partial charge in [0.2, 0.25) is 0 Å². The third-order valence-electron chi connectivity index (χ3n) is 2.71. The summed E-state index contributed by atoms with van der Waals surface area (Å²) in [7, 11) is 0. The highest BCUT2D eigenvalue weighted by atomic mass is 79.9. The molecule has 0 fully saturated rings. The molecule has 0 saturated carbocycles. The molecule has 0 aliphatic carbocycles. The van der Waals surface area contributed by atoms with Crippen LogP contribution in [-0.4, -0.2) is 17.1 Å². The molecular weight excluding hydrogens is 282 g/mol. The fourth-order valence-electron chi connectivity index (χ4n) is 1.69. The van der Waals surface area contributed by atoms with Crippen LogP contribution in [0.4, 0.5) is 0 Å². The fourth-order valence-corrected chi connectivity index (χ4v) is 2.11. The summed E-state index contributed by atoms with van der Waals surface area (Å²) >= 11 is 3.41. The third kappa shape index (κ3) is 4.13. The predicted molar refractivity (Wildman–Crippen MR) is 72.0 cm³/mol. The number of carbonyl (C=O) groups is 1. The lowest BCUT2D eigenvalue weighted by Gasteiger charge is -2.23. The highest BCUT2D eigenvalue weighted by Gasteiger charge is 2.23. The van der Waals surface area contributed by atoms with Crippen LogP contribution in [0.15, 0.2) is 28.7 Å². The molecular formula is C13H18BrNO2. The summed E-state index contributed by atoms with van der Waals surface area (Å²) in [6.07, 6.45) is 0. The summed E-state index contributed by atoms with van der Waals surface area (Å²) in [5.41, 5.74) is 1.08. The molecule has 0 heterocycles. The molecule has 1 rings (SSSR count). The Morgan fingerprint density at radius 3 is 2.47 bits per heavy atom. The molecule has 0 bridgehead atoms. The first-order chi connectivity index (χ1) is 7.91. The lowest BCUT2D eigenvalue weighted by Crippen LogP contribution is -2.42. The van der Waals surface area contributed by atoms with E-state index in [1.165, 1.54) is 0 Å². The van der Waals surface area contributed by atoms with Gasteiger partial charge in [-0.25, -0.2) is 0 Å². The highest BCUT2D eigenvalue weighted by Crippen LogP contribution is 2.19. The van der Waals surface area contributed by atoms with E-state index >= 15 is 0 Å². The number of carboxylic acids is 1. The van der Waals surface area contributed by atoms with Crippen LogP contribution in [0.3, 0.4) is 0 Å². The normalized spacial score (nSPS) is 14.6. The van der Waals surface area contributed by atoms with Crippen LogP contribution in [0.1, 0.15) is 32.4 Å². The van der Waals surface area contributed by atoms with Gasteiger partial charge in [-0.05, 0) is 30.5 Å². The molecule has 17 heavy (non-hydrogen) atoms. The number of halogens is 1. The topological polar surface area (TPSA) is 49.3 Å². The van der Waals surface area contributed by atoms with Crippen molar-refractivity contribution in [3.05, 3.63) is 34.3 Å². The zero-order valence-corrected chi connectivity index (χ0v) is 11.9. The van der Waals surface area contributed by atoms with Gasteiger partial charge in [0, 0.05) is 10.5 Å². The Kier molecular flexibility index (Phi) is 5.15. The summed E-state index contributed by atoms with van der Waals surface area (Å²) in [6.45, 7) is 5.78. The largest absolute Gasteiger partial charge is 0.480 e. The number of aliphatic carboxylic acids is 1. The Morgan fingerprint density at radius 2 is 2.00 bits per heavy atom. The summed E-state index contributed by atoms with van der Waals surface area (Å²) in [5, 5.41) is 12.3. The van der Waals surface area contributed by atoms with Crippen molar-refractivity contribution in [2.75, 3.05) is 0 Å². The number of nitrogens with one attached hydrogen (secondary N) is 1. The molecule has 0 aliphatic heterocycles. The van der Waals surface area contributed by atoms with E-state index in [1.54, 1.807) is 0 Å². The lowest BCUT2D eigenvalue weighted by molar-refractivity contribution is -0.140. The van der Waals surface area contributed by atoms with Gasteiger partial charge in [-0.1, -0.05) is 41.9 Å². The van der Waals surface area contributed by atoms with Crippen molar-refractivity contribution in [1.29, 1.82) is 0 Å². The molecule has 0 aliphatic rings. The van der Waals surface area contributed by atoms with E-state index in [9.17, 15) is 4.79 Å². The number of hydrogen-bond donors (Lipinski definition) is 2. The first kappa shape index (κ1) is 14.2. The van der Waals surface area contributed by atoms with Crippen molar-refractivity contribution in [3.63, 3.8) is 0 Å². The van der Waals surface area contributed by atoms with Gasteiger partial charge in [0.05, 0.1) is 0 Å². The monoisotopic (exact) mass is 299 g/mol. The van der Waals surface area contributed by atoms with Crippen LogP contribution in [-0.2, 0) is 4.79 Å². The molecule has 0 saturated heterocycles. The van der Waals surface area contributed by atoms with Crippen molar-refractivity contribution in [3.8, 4) is 0 Å². The van der Waals surface area contributed by atoms with Crippen LogP contribution in [0.25, 0.3) is 0 Å². The van der Waals surface area contributed by atoms with Crippen LogP contribution < -0.4 is 5.32 Å². The molecule has 1 aromatic rings. The summed E-state index contributed by atoms with van der Waals surface area (Å²) in [6, 6.07) is 7.37. The summed E-state index contributed by atoms with van der Waals surface area (Å²) in [5.74, 6) is -0.746. The van der Waals surface area contributed by atoms with Gasteiger partial charge in [-0.2, -0.15) is 0 Å². The molecule has 0 radical (unpaired) electrons. The zero-order chi connectivity index (χ0) is 13.0. The van der Waals surface area contributed by atoms with E-state index in [2.05, 4.69) is 21.2 Å². The minimum Gasteiger partial charge on any atom is -0.480 e. The highest BCUT2D eigenvalue weighted by molar-refractivity contribution is 9.10. The van der Waals surface area contributed by atoms with E-state index in [-0.39, 0.29) is 12.0 Å². The van der Waals surface area contributed by atoms with Crippen molar-refractivity contribution >= 4 is 21.9 Å². The van der Waals surface area contributed by atoms with Gasteiger partial charge in [-0.3, -0.25) is 10.1 Å². The third-order valence-corrected chi connectivity index (χ3v) is 3.20. The van der Waals surface area contributed by atoms with E-state index in [0.29, 0.717) is 0 Å². The minimum absolute atomic E-state index is 0.0102. The second-order valence-corrected chi connectivity index (χ2v) is 5.42. The minimum atomic E-state index is -0.804. The van der Waals surface area contributed by atoms with Gasteiger partial charge < -0.3 is 5.11 Å². The van der Waals surface area contributed by atoms with Crippen LogP contribution in [0, 0.1) is 5.92 Å². The average Bonchev–Trinajstić information content (AvgIpc) is 2.24. The number of hydrogen-bond acceptors (Lipinski definition) is 2. The summed E-state index contributed by atoms with van der Waals surface area (Å²) in [4.78, 5) is 11.1. The number of benzene rings is 1. The van der Waals surface area contributed by atoms with Gasteiger partial charge in [0.1, 0.15) is 6.04 Å². The molecule has 1 aromatic carbocycles. The van der Waals surface area contributed by atoms with Crippen molar-refractivity contribution in [2.45, 2.75) is 32.9 Å². The SMILES string of the molecule is CC(NC(C(=O)O)C(C)C)c1cccc(Br)c1. The zero-order valence-electron chi connectivity index (χ0n) is 10.3. The number of rotatable bonds is 5. The molecule has 2 unspecified atom stereocenters. The lowest BCUT2D eigenvalue weighted by atomic mass is 10.0. The predicted octanol–water partition coefficient (Wildman–Crippen LogP) is 3.21. The van der Waals surface area contributed by atoms with Crippen molar-refractivity contribution in [1.82, 2.24) is 5.32 Å². The Hall–Kier alpha value is -0.870. The molecule has 3 nitrogen and oxygen atoms in total. The maximum absolute atomic E-state index is 11.1. The smallest absolute Gasteiger partial charge is 0.320 e. The standard InChI is InChI=1S/C13H18BrNO2/c1-8(2)12(13(16)17)15-9(3)10-5-4-6-11(14)7-10/h4-9,12,15H,1-3H3,(H,16,17). The molecule has 94 valence electrons. The maximum Gasteiger partial charge on any atom is 0.320 e. The molecule has 2 atom stereocenters. The quantitative estimate of drug-likeness (QED) is 0.878. The van der Waals surface area contributed by atoms with Gasteiger partial charge in [-0.15, -0.1) is 0 Å². The van der Waals surface area contributed by atoms with Crippen molar-refractivity contribution in [2.24, 2.45) is 5.92 Å². The Bertz CT molecular complexity index is 393. The fraction of sp³-hybridized carbons (Fsp3) is 0.462. The Balaban J connectivity index is 2.77. The molecule has 2 N–H and O–H groups in total. The van der Waals surface area contributed by atoms with E-state index in [4.69, 9.17) is 5.11 Å². The first-order valence-electron chi connectivity index (χ1n) is 5.66. The summed E-state index contributed by atoms with van der Waals surface area (Å²) < 4.78 is 1.00. The van der Waals surface area contributed by atoms with E-state index in [0.717, 1.165) is 10.0 Å². The van der Waals surface area contributed by atoms with E-state index < -0.39 is 12.0 Å². The van der Waals surface area contributed by atoms with Gasteiger partial charge >= 0.3 is 5.97 Å². The molecule has 0 amide bonds. The molecule has 0 aromatic heterocycles. The second-order valence-electron chi connectivity index (χ2n) is 4.50. The van der Waals surface area contributed by atoms with Crippen molar-refractivity contribution < 1.29 is 9.90 Å². The second kappa shape index (κ2) is 6.17. The van der Waals surface area contributed by atoms with Crippen LogP contribution >= 0.6 is 15.9 Å². The average molecular weight is 300 g/mol. The van der Waals surface area contributed by atoms with Gasteiger partial charge in [0.15, 0.2) is 0 Å². The van der Waals surface area contributed by atoms with Gasteiger partial charge in [0.25, 0.3) is 0 Å². The van der Waals surface area contributed by atoms with E-state index in [1.807, 2.05) is 45.0 Å². The Labute approximate surface area is 110 Å². The Morgan fingerprint density at radius 1 is 1.35 bits per heavy atom. The molecule has 0 spiro atoms. The van der Waals surface area contributed by atoms with Crippen LogP contribution in [0.2, 0.25) is 0 Å². The maximum atomic E-state index is 11.1.